The number of ether oxygens (including phenoxy) is 1. The summed E-state index contributed by atoms with van der Waals surface area (Å²) in [5.41, 5.74) is 1.65. The first-order chi connectivity index (χ1) is 16.3. The van der Waals surface area contributed by atoms with Crippen molar-refractivity contribution >= 4 is 33.1 Å². The minimum atomic E-state index is -3.97. The number of hydrogen-bond acceptors (Lipinski definition) is 6. The zero-order valence-electron chi connectivity index (χ0n) is 18.4. The van der Waals surface area contributed by atoms with Gasteiger partial charge in [-0.2, -0.15) is 0 Å². The first kappa shape index (κ1) is 23.4. The van der Waals surface area contributed by atoms with E-state index in [4.69, 9.17) is 4.74 Å². The molecule has 1 saturated heterocycles. The van der Waals surface area contributed by atoms with E-state index in [-0.39, 0.29) is 22.0 Å². The molecule has 3 aromatic rings. The molecule has 0 saturated carbocycles. The van der Waals surface area contributed by atoms with E-state index in [0.29, 0.717) is 37.6 Å². The van der Waals surface area contributed by atoms with Gasteiger partial charge in [0.15, 0.2) is 0 Å². The van der Waals surface area contributed by atoms with Crippen molar-refractivity contribution in [3.8, 4) is 5.75 Å². The standard InChI is InChI=1S/C24H24FN3O5S/c1-33-20-7-9-21(10-8-20)34(31,32)26-22-16-17(24(29)30)2-11-23(22)28-14-12-27(13-15-28)19-5-3-18(25)4-6-19/h2-11,16,26H,12-15H2,1H3,(H,29,30). The topological polar surface area (TPSA) is 99.2 Å². The van der Waals surface area contributed by atoms with Gasteiger partial charge in [-0.15, -0.1) is 0 Å². The maximum atomic E-state index is 13.2. The summed E-state index contributed by atoms with van der Waals surface area (Å²) in [4.78, 5) is 15.7. The smallest absolute Gasteiger partial charge is 0.335 e. The number of carboxylic acids is 1. The van der Waals surface area contributed by atoms with Crippen LogP contribution in [0.1, 0.15) is 10.4 Å². The Morgan fingerprint density at radius 2 is 1.56 bits per heavy atom. The average Bonchev–Trinajstić information content (AvgIpc) is 2.84. The third-order valence-corrected chi connectivity index (χ3v) is 7.05. The van der Waals surface area contributed by atoms with Gasteiger partial charge < -0.3 is 19.6 Å². The number of halogens is 1. The van der Waals surface area contributed by atoms with Crippen LogP contribution in [-0.4, -0.2) is 52.8 Å². The molecule has 0 amide bonds. The fourth-order valence-corrected chi connectivity index (χ4v) is 4.91. The van der Waals surface area contributed by atoms with Crippen LogP contribution in [0, 0.1) is 5.82 Å². The zero-order valence-corrected chi connectivity index (χ0v) is 19.3. The van der Waals surface area contributed by atoms with E-state index in [0.717, 1.165) is 5.69 Å². The molecule has 1 aliphatic rings. The largest absolute Gasteiger partial charge is 0.497 e. The summed E-state index contributed by atoms with van der Waals surface area (Å²) < 4.78 is 46.9. The predicted molar refractivity (Wildman–Crippen MR) is 128 cm³/mol. The van der Waals surface area contributed by atoms with Gasteiger partial charge in [0.1, 0.15) is 11.6 Å². The van der Waals surface area contributed by atoms with Gasteiger partial charge in [-0.1, -0.05) is 0 Å². The molecule has 0 spiro atoms. The normalized spacial score (nSPS) is 14.1. The van der Waals surface area contributed by atoms with Crippen molar-refractivity contribution in [2.45, 2.75) is 4.90 Å². The summed E-state index contributed by atoms with van der Waals surface area (Å²) in [5, 5.41) is 9.43. The monoisotopic (exact) mass is 485 g/mol. The highest BCUT2D eigenvalue weighted by molar-refractivity contribution is 7.92. The quantitative estimate of drug-likeness (QED) is 0.527. The molecule has 0 atom stereocenters. The SMILES string of the molecule is COc1ccc(S(=O)(=O)Nc2cc(C(=O)O)ccc2N2CCN(c3ccc(F)cc3)CC2)cc1. The Bertz CT molecular complexity index is 1270. The predicted octanol–water partition coefficient (Wildman–Crippen LogP) is 3.66. The van der Waals surface area contributed by atoms with Crippen LogP contribution < -0.4 is 19.3 Å². The first-order valence-electron chi connectivity index (χ1n) is 10.6. The van der Waals surface area contributed by atoms with Crippen molar-refractivity contribution < 1.29 is 27.4 Å². The molecule has 10 heteroatoms. The van der Waals surface area contributed by atoms with E-state index >= 15 is 0 Å². The molecule has 4 rings (SSSR count). The maximum absolute atomic E-state index is 13.2. The van der Waals surface area contributed by atoms with Crippen LogP contribution in [-0.2, 0) is 10.0 Å². The molecule has 0 unspecified atom stereocenters. The Morgan fingerprint density at radius 3 is 2.15 bits per heavy atom. The molecule has 178 valence electrons. The van der Waals surface area contributed by atoms with E-state index in [1.54, 1.807) is 18.2 Å². The van der Waals surface area contributed by atoms with Crippen LogP contribution in [0.15, 0.2) is 71.6 Å². The number of piperazine rings is 1. The van der Waals surface area contributed by atoms with E-state index in [2.05, 4.69) is 9.62 Å². The number of nitrogens with zero attached hydrogens (tertiary/aromatic N) is 2. The summed E-state index contributed by atoms with van der Waals surface area (Å²) in [6.07, 6.45) is 0. The number of sulfonamides is 1. The van der Waals surface area contributed by atoms with Crippen LogP contribution in [0.5, 0.6) is 5.75 Å². The lowest BCUT2D eigenvalue weighted by atomic mass is 10.1. The number of carbonyl (C=O) groups is 1. The summed E-state index contributed by atoms with van der Waals surface area (Å²) in [6, 6.07) is 16.6. The number of hydrogen-bond donors (Lipinski definition) is 2. The van der Waals surface area contributed by atoms with Gasteiger partial charge in [-0.25, -0.2) is 17.6 Å². The highest BCUT2D eigenvalue weighted by Crippen LogP contribution is 2.31. The Kier molecular flexibility index (Phi) is 6.60. The molecule has 3 aromatic carbocycles. The van der Waals surface area contributed by atoms with Crippen molar-refractivity contribution in [1.82, 2.24) is 0 Å². The number of rotatable bonds is 7. The average molecular weight is 486 g/mol. The number of methoxy groups -OCH3 is 1. The number of benzene rings is 3. The van der Waals surface area contributed by atoms with Crippen LogP contribution in [0.3, 0.4) is 0 Å². The second-order valence-electron chi connectivity index (χ2n) is 7.77. The molecule has 0 bridgehead atoms. The fraction of sp³-hybridized carbons (Fsp3) is 0.208. The maximum Gasteiger partial charge on any atom is 0.335 e. The molecule has 1 aliphatic heterocycles. The van der Waals surface area contributed by atoms with E-state index in [1.807, 2.05) is 4.90 Å². The van der Waals surface area contributed by atoms with Gasteiger partial charge in [0, 0.05) is 31.9 Å². The molecule has 8 nitrogen and oxygen atoms in total. The molecule has 0 radical (unpaired) electrons. The fourth-order valence-electron chi connectivity index (χ4n) is 3.84. The van der Waals surface area contributed by atoms with Gasteiger partial charge in [0.05, 0.1) is 28.9 Å². The van der Waals surface area contributed by atoms with Crippen molar-refractivity contribution in [1.29, 1.82) is 0 Å². The van der Waals surface area contributed by atoms with Crippen molar-refractivity contribution in [3.63, 3.8) is 0 Å². The van der Waals surface area contributed by atoms with Gasteiger partial charge >= 0.3 is 5.97 Å². The second kappa shape index (κ2) is 9.60. The lowest BCUT2D eigenvalue weighted by molar-refractivity contribution is 0.0697. The molecule has 1 heterocycles. The zero-order chi connectivity index (χ0) is 24.3. The lowest BCUT2D eigenvalue weighted by Gasteiger charge is -2.38. The Hall–Kier alpha value is -3.79. The number of nitrogens with one attached hydrogen (secondary N) is 1. The molecular weight excluding hydrogens is 461 g/mol. The minimum absolute atomic E-state index is 0.0267. The Balaban J connectivity index is 1.58. The number of aromatic carboxylic acids is 1. The van der Waals surface area contributed by atoms with E-state index in [9.17, 15) is 22.7 Å². The molecule has 1 fully saturated rings. The third-order valence-electron chi connectivity index (χ3n) is 5.67. The molecular formula is C24H24FN3O5S. The summed E-state index contributed by atoms with van der Waals surface area (Å²) in [5.74, 6) is -0.932. The Labute approximate surface area is 197 Å². The third kappa shape index (κ3) is 5.07. The summed E-state index contributed by atoms with van der Waals surface area (Å²) >= 11 is 0. The molecule has 0 aromatic heterocycles. The Morgan fingerprint density at radius 1 is 0.941 bits per heavy atom. The lowest BCUT2D eigenvalue weighted by Crippen LogP contribution is -2.46. The van der Waals surface area contributed by atoms with Crippen LogP contribution in [0.25, 0.3) is 0 Å². The van der Waals surface area contributed by atoms with Gasteiger partial charge in [-0.3, -0.25) is 4.72 Å². The van der Waals surface area contributed by atoms with Crippen molar-refractivity contribution in [2.24, 2.45) is 0 Å². The van der Waals surface area contributed by atoms with Crippen LogP contribution in [0.4, 0.5) is 21.5 Å². The van der Waals surface area contributed by atoms with Crippen LogP contribution >= 0.6 is 0 Å². The van der Waals surface area contributed by atoms with Gasteiger partial charge in [0.25, 0.3) is 10.0 Å². The van der Waals surface area contributed by atoms with Crippen molar-refractivity contribution in [2.75, 3.05) is 47.8 Å². The number of anilines is 3. The minimum Gasteiger partial charge on any atom is -0.497 e. The highest BCUT2D eigenvalue weighted by Gasteiger charge is 2.23. The van der Waals surface area contributed by atoms with Gasteiger partial charge in [-0.05, 0) is 66.7 Å². The number of carboxylic acid groups (broad SMARTS) is 1. The summed E-state index contributed by atoms with van der Waals surface area (Å²) in [6.45, 7) is 2.41. The molecule has 0 aliphatic carbocycles. The first-order valence-corrected chi connectivity index (χ1v) is 12.0. The van der Waals surface area contributed by atoms with Crippen LogP contribution in [0.2, 0.25) is 0 Å². The van der Waals surface area contributed by atoms with Crippen molar-refractivity contribution in [3.05, 3.63) is 78.1 Å². The molecule has 34 heavy (non-hydrogen) atoms. The highest BCUT2D eigenvalue weighted by atomic mass is 32.2. The van der Waals surface area contributed by atoms with E-state index < -0.39 is 16.0 Å². The summed E-state index contributed by atoms with van der Waals surface area (Å²) in [7, 11) is -2.48. The molecule has 2 N–H and O–H groups in total. The van der Waals surface area contributed by atoms with Gasteiger partial charge in [0.2, 0.25) is 0 Å². The second-order valence-corrected chi connectivity index (χ2v) is 9.45. The van der Waals surface area contributed by atoms with E-state index in [1.165, 1.54) is 55.6 Å².